The minimum absolute atomic E-state index is 0.0339. The molecule has 3 rings (SSSR count). The fraction of sp³-hybridized carbons (Fsp3) is 0.650. The number of carbonyl (C=O) groups excluding carboxylic acids is 1. The van der Waals surface area contributed by atoms with Crippen molar-refractivity contribution >= 4 is 33.4 Å². The molecule has 0 saturated heterocycles. The first-order valence-corrected chi connectivity index (χ1v) is 13.1. The minimum atomic E-state index is -3.46. The average molecular weight is 443 g/mol. The molecule has 2 aliphatic rings. The molecule has 0 atom stereocenters. The highest BCUT2D eigenvalue weighted by molar-refractivity contribution is 7.99. The van der Waals surface area contributed by atoms with Crippen LogP contribution in [0.1, 0.15) is 44.9 Å². The molecule has 1 aliphatic heterocycles. The summed E-state index contributed by atoms with van der Waals surface area (Å²) in [5, 5.41) is 3.69. The highest BCUT2D eigenvalue weighted by atomic mass is 32.2. The van der Waals surface area contributed by atoms with Gasteiger partial charge in [0.25, 0.3) is 0 Å². The summed E-state index contributed by atoms with van der Waals surface area (Å²) in [7, 11) is -3.46. The van der Waals surface area contributed by atoms with Crippen LogP contribution in [0.3, 0.4) is 0 Å². The van der Waals surface area contributed by atoms with E-state index in [-0.39, 0.29) is 19.2 Å². The van der Waals surface area contributed by atoms with Crippen molar-refractivity contribution in [2.45, 2.75) is 50.2 Å². The number of hydrogen-bond acceptors (Lipinski definition) is 6. The number of nitrogens with zero attached hydrogens (tertiary/aromatic N) is 1. The molecule has 1 saturated carbocycles. The van der Waals surface area contributed by atoms with E-state index in [0.717, 1.165) is 11.0 Å². The smallest absolute Gasteiger partial charge is 0.232 e. The van der Waals surface area contributed by atoms with Gasteiger partial charge in [-0.15, -0.1) is 0 Å². The molecule has 0 bridgehead atoms. The van der Waals surface area contributed by atoms with Crippen LogP contribution < -0.4 is 19.1 Å². The van der Waals surface area contributed by atoms with Gasteiger partial charge in [0.1, 0.15) is 0 Å². The number of fused-ring (bicyclic) bond motifs is 1. The summed E-state index contributed by atoms with van der Waals surface area (Å²) in [4.78, 5) is 12.1. The van der Waals surface area contributed by atoms with E-state index in [9.17, 15) is 13.2 Å². The third-order valence-electron chi connectivity index (χ3n) is 5.14. The minimum Gasteiger partial charge on any atom is -0.454 e. The summed E-state index contributed by atoms with van der Waals surface area (Å²) >= 11 is 1.95. The van der Waals surface area contributed by atoms with E-state index in [1.54, 1.807) is 18.2 Å². The zero-order valence-electron chi connectivity index (χ0n) is 16.9. The van der Waals surface area contributed by atoms with E-state index in [2.05, 4.69) is 5.32 Å². The monoisotopic (exact) mass is 442 g/mol. The Morgan fingerprint density at radius 3 is 2.72 bits per heavy atom. The summed E-state index contributed by atoms with van der Waals surface area (Å²) in [5.74, 6) is 2.04. The van der Waals surface area contributed by atoms with Crippen molar-refractivity contribution < 1.29 is 22.7 Å². The third kappa shape index (κ3) is 6.70. The predicted molar refractivity (Wildman–Crippen MR) is 116 cm³/mol. The van der Waals surface area contributed by atoms with Crippen LogP contribution in [-0.4, -0.2) is 51.5 Å². The van der Waals surface area contributed by atoms with Crippen molar-refractivity contribution in [3.8, 4) is 11.5 Å². The lowest BCUT2D eigenvalue weighted by atomic mass is 10.0. The lowest BCUT2D eigenvalue weighted by Gasteiger charge is -2.22. The Morgan fingerprint density at radius 2 is 1.97 bits per heavy atom. The molecule has 1 amide bonds. The van der Waals surface area contributed by atoms with E-state index < -0.39 is 10.0 Å². The lowest BCUT2D eigenvalue weighted by Crippen LogP contribution is -2.32. The maximum Gasteiger partial charge on any atom is 0.232 e. The zero-order chi connectivity index (χ0) is 20.7. The van der Waals surface area contributed by atoms with Gasteiger partial charge < -0.3 is 14.8 Å². The fourth-order valence-electron chi connectivity index (χ4n) is 3.65. The first-order valence-electron chi connectivity index (χ1n) is 10.2. The Bertz CT molecular complexity index is 794. The molecule has 0 unspecified atom stereocenters. The quantitative estimate of drug-likeness (QED) is 0.561. The number of anilines is 1. The van der Waals surface area contributed by atoms with Gasteiger partial charge in [-0.05, 0) is 31.4 Å². The molecule has 0 radical (unpaired) electrons. The second-order valence-corrected chi connectivity index (χ2v) is 10.8. The standard InChI is InChI=1S/C20H30N2O5S2/c1-29(24,25)22(16-9-10-18-19(14-16)27-15-26-18)12-5-8-20(23)21-11-13-28-17-6-3-2-4-7-17/h9-10,14,17H,2-8,11-13,15H2,1H3,(H,21,23). The van der Waals surface area contributed by atoms with E-state index in [1.165, 1.54) is 42.7 Å². The van der Waals surface area contributed by atoms with E-state index in [1.807, 2.05) is 11.8 Å². The van der Waals surface area contributed by atoms with Gasteiger partial charge in [0.15, 0.2) is 11.5 Å². The van der Waals surface area contributed by atoms with Crippen LogP contribution >= 0.6 is 11.8 Å². The molecule has 1 aromatic carbocycles. The molecule has 0 spiro atoms. The van der Waals surface area contributed by atoms with Crippen molar-refractivity contribution in [2.75, 3.05) is 36.2 Å². The molecule has 29 heavy (non-hydrogen) atoms. The lowest BCUT2D eigenvalue weighted by molar-refractivity contribution is -0.121. The second kappa shape index (κ2) is 10.4. The Labute approximate surface area is 177 Å². The van der Waals surface area contributed by atoms with E-state index in [4.69, 9.17) is 9.47 Å². The van der Waals surface area contributed by atoms with Crippen molar-refractivity contribution in [2.24, 2.45) is 0 Å². The highest BCUT2D eigenvalue weighted by Gasteiger charge is 2.21. The largest absolute Gasteiger partial charge is 0.454 e. The van der Waals surface area contributed by atoms with Crippen LogP contribution in [0.25, 0.3) is 0 Å². The zero-order valence-corrected chi connectivity index (χ0v) is 18.5. The Hall–Kier alpha value is -1.61. The third-order valence-corrected chi connectivity index (χ3v) is 7.72. The maximum absolute atomic E-state index is 12.2. The average Bonchev–Trinajstić information content (AvgIpc) is 3.16. The van der Waals surface area contributed by atoms with Crippen LogP contribution in [0.4, 0.5) is 5.69 Å². The van der Waals surface area contributed by atoms with Gasteiger partial charge in [0, 0.05) is 36.6 Å². The van der Waals surface area contributed by atoms with Crippen LogP contribution in [0.15, 0.2) is 18.2 Å². The van der Waals surface area contributed by atoms with Crippen LogP contribution in [-0.2, 0) is 14.8 Å². The van der Waals surface area contributed by atoms with Gasteiger partial charge in [0.2, 0.25) is 22.7 Å². The summed E-state index contributed by atoms with van der Waals surface area (Å²) < 4.78 is 36.4. The molecular weight excluding hydrogens is 412 g/mol. The van der Waals surface area contributed by atoms with Crippen molar-refractivity contribution in [1.82, 2.24) is 5.32 Å². The topological polar surface area (TPSA) is 84.9 Å². The number of amides is 1. The number of hydrogen-bond donors (Lipinski definition) is 1. The number of nitrogens with one attached hydrogen (secondary N) is 1. The molecule has 1 heterocycles. The number of ether oxygens (including phenoxy) is 2. The van der Waals surface area contributed by atoms with Gasteiger partial charge in [-0.3, -0.25) is 9.10 Å². The molecule has 9 heteroatoms. The molecule has 1 N–H and O–H groups in total. The first kappa shape index (κ1) is 22.1. The second-order valence-electron chi connectivity index (χ2n) is 7.46. The van der Waals surface area contributed by atoms with E-state index in [0.29, 0.717) is 36.6 Å². The summed E-state index contributed by atoms with van der Waals surface area (Å²) in [6.07, 6.45) is 8.49. The van der Waals surface area contributed by atoms with Crippen molar-refractivity contribution in [1.29, 1.82) is 0 Å². The maximum atomic E-state index is 12.2. The Morgan fingerprint density at radius 1 is 1.21 bits per heavy atom. The summed E-state index contributed by atoms with van der Waals surface area (Å²) in [6, 6.07) is 5.05. The number of sulfonamides is 1. The van der Waals surface area contributed by atoms with Crippen LogP contribution in [0.5, 0.6) is 11.5 Å². The van der Waals surface area contributed by atoms with Gasteiger partial charge in [0.05, 0.1) is 11.9 Å². The van der Waals surface area contributed by atoms with Gasteiger partial charge in [-0.2, -0.15) is 11.8 Å². The number of benzene rings is 1. The predicted octanol–water partition coefficient (Wildman–Crippen LogP) is 3.14. The number of thioether (sulfide) groups is 1. The molecular formula is C20H30N2O5S2. The summed E-state index contributed by atoms with van der Waals surface area (Å²) in [6.45, 7) is 1.04. The first-order chi connectivity index (χ1) is 13.9. The molecule has 7 nitrogen and oxygen atoms in total. The molecule has 1 aromatic rings. The van der Waals surface area contributed by atoms with Gasteiger partial charge in [-0.1, -0.05) is 19.3 Å². The van der Waals surface area contributed by atoms with Crippen molar-refractivity contribution in [3.63, 3.8) is 0 Å². The Kier molecular flexibility index (Phi) is 7.94. The molecule has 162 valence electrons. The molecule has 1 fully saturated rings. The fourth-order valence-corrected chi connectivity index (χ4v) is 5.82. The Balaban J connectivity index is 1.41. The molecule has 1 aliphatic carbocycles. The summed E-state index contributed by atoms with van der Waals surface area (Å²) in [5.41, 5.74) is 0.515. The van der Waals surface area contributed by atoms with Crippen LogP contribution in [0, 0.1) is 0 Å². The molecule has 0 aromatic heterocycles. The van der Waals surface area contributed by atoms with Crippen LogP contribution in [0.2, 0.25) is 0 Å². The number of carbonyl (C=O) groups is 1. The SMILES string of the molecule is CS(=O)(=O)N(CCCC(=O)NCCSC1CCCCC1)c1ccc2c(c1)OCO2. The van der Waals surface area contributed by atoms with Gasteiger partial charge >= 0.3 is 0 Å². The van der Waals surface area contributed by atoms with Crippen molar-refractivity contribution in [3.05, 3.63) is 18.2 Å². The normalized spacial score (nSPS) is 16.6. The van der Waals surface area contributed by atoms with E-state index >= 15 is 0 Å². The van der Waals surface area contributed by atoms with Gasteiger partial charge in [-0.25, -0.2) is 8.42 Å². The highest BCUT2D eigenvalue weighted by Crippen LogP contribution is 2.36. The number of rotatable bonds is 10.